The van der Waals surface area contributed by atoms with Crippen LogP contribution in [0.25, 0.3) is 0 Å². The van der Waals surface area contributed by atoms with Crippen molar-refractivity contribution in [3.8, 4) is 0 Å². The summed E-state index contributed by atoms with van der Waals surface area (Å²) in [7, 11) is 0. The molecule has 2 atom stereocenters. The molecule has 0 aromatic heterocycles. The largest absolute Gasteiger partial charge is 0.387 e. The van der Waals surface area contributed by atoms with E-state index in [-0.39, 0.29) is 11.7 Å². The topological polar surface area (TPSA) is 86.8 Å². The molecule has 1 aromatic carbocycles. The molecule has 5 nitrogen and oxygen atoms in total. The van der Waals surface area contributed by atoms with Gasteiger partial charge in [0.25, 0.3) is 0 Å². The van der Waals surface area contributed by atoms with E-state index in [1.807, 2.05) is 0 Å². The van der Waals surface area contributed by atoms with E-state index in [0.717, 1.165) is 0 Å². The summed E-state index contributed by atoms with van der Waals surface area (Å²) >= 11 is 0. The van der Waals surface area contributed by atoms with Crippen molar-refractivity contribution < 1.29 is 19.4 Å². The quantitative estimate of drug-likeness (QED) is 0.735. The van der Waals surface area contributed by atoms with Crippen LogP contribution >= 0.6 is 0 Å². The predicted molar refractivity (Wildman–Crippen MR) is 75.7 cm³/mol. The molecule has 2 rings (SSSR count). The van der Waals surface area contributed by atoms with Gasteiger partial charge in [0.05, 0.1) is 6.10 Å². The predicted octanol–water partition coefficient (Wildman–Crippen LogP) is 0.417. The lowest BCUT2D eigenvalue weighted by molar-refractivity contribution is -0.129. The number of hydrogen-bond donors (Lipinski definition) is 3. The Balaban J connectivity index is 1.83. The van der Waals surface area contributed by atoms with Gasteiger partial charge in [-0.05, 0) is 49.5 Å². The molecule has 1 heterocycles. The Morgan fingerprint density at radius 1 is 1.29 bits per heavy atom. The van der Waals surface area contributed by atoms with Crippen LogP contribution in [0.15, 0.2) is 24.3 Å². The van der Waals surface area contributed by atoms with Gasteiger partial charge in [-0.15, -0.1) is 0 Å². The molecule has 1 aliphatic heterocycles. The van der Waals surface area contributed by atoms with Gasteiger partial charge in [0.1, 0.15) is 11.9 Å². The molecule has 6 heteroatoms. The summed E-state index contributed by atoms with van der Waals surface area (Å²) in [4.78, 5) is 13.0. The minimum Gasteiger partial charge on any atom is -0.387 e. The highest BCUT2D eigenvalue weighted by molar-refractivity contribution is 5.78. The van der Waals surface area contributed by atoms with Gasteiger partial charge >= 0.3 is 0 Å². The molecule has 0 bridgehead atoms. The second-order valence-corrected chi connectivity index (χ2v) is 5.55. The van der Waals surface area contributed by atoms with E-state index >= 15 is 0 Å². The van der Waals surface area contributed by atoms with Crippen LogP contribution in [0.3, 0.4) is 0 Å². The Kier molecular flexibility index (Phi) is 5.27. The van der Waals surface area contributed by atoms with E-state index in [9.17, 15) is 19.4 Å². The molecule has 116 valence electrons. The van der Waals surface area contributed by atoms with Gasteiger partial charge in [0.2, 0.25) is 5.91 Å². The van der Waals surface area contributed by atoms with Crippen LogP contribution in [0.5, 0.6) is 0 Å². The van der Waals surface area contributed by atoms with Crippen molar-refractivity contribution in [2.75, 3.05) is 19.6 Å². The number of primary amides is 1. The highest BCUT2D eigenvalue weighted by atomic mass is 19.1. The van der Waals surface area contributed by atoms with E-state index in [1.165, 1.54) is 12.1 Å². The van der Waals surface area contributed by atoms with Gasteiger partial charge in [-0.25, -0.2) is 4.39 Å². The van der Waals surface area contributed by atoms with Crippen molar-refractivity contribution in [3.05, 3.63) is 35.6 Å². The smallest absolute Gasteiger partial charge is 0.246 e. The highest BCUT2D eigenvalue weighted by Gasteiger charge is 2.29. The van der Waals surface area contributed by atoms with E-state index in [1.54, 1.807) is 12.1 Å². The first-order valence-electron chi connectivity index (χ1n) is 7.10. The number of carbonyl (C=O) groups excluding carboxylic acids is 1. The number of nitrogens with two attached hydrogens (primary N) is 1. The molecule has 0 aliphatic carbocycles. The van der Waals surface area contributed by atoms with Gasteiger partial charge in [-0.3, -0.25) is 4.79 Å². The van der Waals surface area contributed by atoms with E-state index in [2.05, 4.69) is 4.90 Å². The average molecular weight is 296 g/mol. The number of nitrogens with zero attached hydrogens (tertiary/aromatic N) is 1. The molecule has 1 saturated heterocycles. The van der Waals surface area contributed by atoms with Crippen LogP contribution in [0.1, 0.15) is 24.5 Å². The number of rotatable bonds is 5. The summed E-state index contributed by atoms with van der Waals surface area (Å²) in [6.07, 6.45) is -0.432. The number of piperidine rings is 1. The van der Waals surface area contributed by atoms with Gasteiger partial charge in [0.15, 0.2) is 0 Å². The Morgan fingerprint density at radius 3 is 2.38 bits per heavy atom. The van der Waals surface area contributed by atoms with Gasteiger partial charge in [-0.2, -0.15) is 0 Å². The zero-order valence-corrected chi connectivity index (χ0v) is 11.8. The third-order valence-corrected chi connectivity index (χ3v) is 4.06. The van der Waals surface area contributed by atoms with Gasteiger partial charge in [-0.1, -0.05) is 12.1 Å². The van der Waals surface area contributed by atoms with Crippen LogP contribution in [-0.4, -0.2) is 46.8 Å². The highest BCUT2D eigenvalue weighted by Crippen LogP contribution is 2.23. The van der Waals surface area contributed by atoms with E-state index in [4.69, 9.17) is 5.73 Å². The molecular weight excluding hydrogens is 275 g/mol. The fraction of sp³-hybridized carbons (Fsp3) is 0.533. The Labute approximate surface area is 123 Å². The number of benzene rings is 1. The first-order chi connectivity index (χ1) is 9.97. The molecule has 1 aromatic rings. The minimum atomic E-state index is -1.09. The maximum atomic E-state index is 12.8. The molecule has 0 saturated carbocycles. The third kappa shape index (κ3) is 4.23. The van der Waals surface area contributed by atoms with Crippen LogP contribution in [0, 0.1) is 11.7 Å². The zero-order chi connectivity index (χ0) is 15.4. The maximum absolute atomic E-state index is 12.8. The number of likely N-dealkylation sites (tertiary alicyclic amines) is 1. The van der Waals surface area contributed by atoms with Crippen molar-refractivity contribution in [3.63, 3.8) is 0 Å². The summed E-state index contributed by atoms with van der Waals surface area (Å²) < 4.78 is 12.8. The van der Waals surface area contributed by atoms with Crippen LogP contribution in [-0.2, 0) is 4.79 Å². The number of hydrogen-bond acceptors (Lipinski definition) is 4. The average Bonchev–Trinajstić information content (AvgIpc) is 2.47. The number of aliphatic hydroxyl groups is 2. The van der Waals surface area contributed by atoms with Crippen molar-refractivity contribution in [2.24, 2.45) is 11.7 Å². The molecule has 0 unspecified atom stereocenters. The fourth-order valence-corrected chi connectivity index (χ4v) is 2.72. The molecule has 21 heavy (non-hydrogen) atoms. The Hall–Kier alpha value is -1.50. The number of halogens is 1. The monoisotopic (exact) mass is 296 g/mol. The maximum Gasteiger partial charge on any atom is 0.246 e. The van der Waals surface area contributed by atoms with Crippen molar-refractivity contribution >= 4 is 5.91 Å². The Morgan fingerprint density at radius 2 is 1.86 bits per heavy atom. The van der Waals surface area contributed by atoms with Crippen molar-refractivity contribution in [1.82, 2.24) is 4.90 Å². The van der Waals surface area contributed by atoms with E-state index < -0.39 is 18.1 Å². The first-order valence-corrected chi connectivity index (χ1v) is 7.10. The molecular formula is C15H21FN2O3. The molecule has 1 amide bonds. The van der Waals surface area contributed by atoms with Gasteiger partial charge in [0, 0.05) is 6.54 Å². The normalized spacial score (nSPS) is 20.1. The second kappa shape index (κ2) is 6.98. The van der Waals surface area contributed by atoms with Crippen LogP contribution < -0.4 is 5.73 Å². The lowest BCUT2D eigenvalue weighted by Crippen LogP contribution is -2.43. The number of amides is 1. The second-order valence-electron chi connectivity index (χ2n) is 5.55. The van der Waals surface area contributed by atoms with Crippen molar-refractivity contribution in [2.45, 2.75) is 25.0 Å². The molecule has 0 spiro atoms. The number of β-amino-alcohol motifs (C(OH)–C–C–N with tert-alkyl or cyclic N) is 1. The number of carbonyl (C=O) groups is 1. The summed E-state index contributed by atoms with van der Waals surface area (Å²) in [5.41, 5.74) is 5.77. The zero-order valence-electron chi connectivity index (χ0n) is 11.8. The first kappa shape index (κ1) is 15.9. The lowest BCUT2D eigenvalue weighted by atomic mass is 9.90. The van der Waals surface area contributed by atoms with Crippen LogP contribution in [0.2, 0.25) is 0 Å². The SMILES string of the molecule is NC(=O)[C@@H](O)C1CCN(C[C@@H](O)c2ccc(F)cc2)CC1. The van der Waals surface area contributed by atoms with E-state index in [0.29, 0.717) is 38.0 Å². The summed E-state index contributed by atoms with van der Waals surface area (Å²) in [5.74, 6) is -1.12. The fourth-order valence-electron chi connectivity index (χ4n) is 2.72. The summed E-state index contributed by atoms with van der Waals surface area (Å²) in [5, 5.41) is 19.8. The standard InChI is InChI=1S/C15H21FN2O3/c16-12-3-1-10(2-4-12)13(19)9-18-7-5-11(6-8-18)14(20)15(17)21/h1-4,11,13-14,19-20H,5-9H2,(H2,17,21)/t13-,14+/m1/s1. The van der Waals surface area contributed by atoms with Crippen molar-refractivity contribution in [1.29, 1.82) is 0 Å². The Bertz CT molecular complexity index is 472. The lowest BCUT2D eigenvalue weighted by Gasteiger charge is -2.34. The molecule has 1 aliphatic rings. The minimum absolute atomic E-state index is 0.110. The molecule has 4 N–H and O–H groups in total. The van der Waals surface area contributed by atoms with Crippen LogP contribution in [0.4, 0.5) is 4.39 Å². The summed E-state index contributed by atoms with van der Waals surface area (Å²) in [6, 6.07) is 5.80. The third-order valence-electron chi connectivity index (χ3n) is 4.06. The van der Waals surface area contributed by atoms with Gasteiger partial charge < -0.3 is 20.8 Å². The number of aliphatic hydroxyl groups excluding tert-OH is 2. The molecule has 0 radical (unpaired) electrons. The molecule has 1 fully saturated rings. The summed E-state index contributed by atoms with van der Waals surface area (Å²) in [6.45, 7) is 1.82.